The van der Waals surface area contributed by atoms with Crippen molar-refractivity contribution in [3.63, 3.8) is 0 Å². The summed E-state index contributed by atoms with van der Waals surface area (Å²) in [6, 6.07) is 13.0. The molecule has 0 spiro atoms. The summed E-state index contributed by atoms with van der Waals surface area (Å²) in [5.41, 5.74) is 5.68. The van der Waals surface area contributed by atoms with E-state index < -0.39 is 0 Å². The molecular formula is C26H29ClN4O2. The highest BCUT2D eigenvalue weighted by atomic mass is 35.5. The van der Waals surface area contributed by atoms with Crippen LogP contribution in [-0.4, -0.2) is 27.6 Å². The Balaban J connectivity index is 1.70. The van der Waals surface area contributed by atoms with Gasteiger partial charge in [0.2, 0.25) is 5.91 Å². The lowest BCUT2D eigenvalue weighted by molar-refractivity contribution is -0.111. The summed E-state index contributed by atoms with van der Waals surface area (Å²) in [7, 11) is 0. The minimum atomic E-state index is -0.258. The number of carbonyl (C=O) groups is 2. The Hall–Kier alpha value is -3.38. The number of amides is 2. The van der Waals surface area contributed by atoms with Gasteiger partial charge in [0.05, 0.1) is 12.2 Å². The molecule has 7 heteroatoms. The molecule has 0 fully saturated rings. The largest absolute Gasteiger partial charge is 0.350 e. The lowest BCUT2D eigenvalue weighted by Crippen LogP contribution is -2.30. The molecule has 2 aromatic carbocycles. The van der Waals surface area contributed by atoms with Gasteiger partial charge in [-0.3, -0.25) is 14.3 Å². The standard InChI is InChI=1S/C26H29ClN4O2/c1-16(2)28-26(33)22-11-10-21(14-17(22)3)29-25(32)13-12-23-18(4)30-31(19(23)5)15-20-8-6-7-9-24(20)27/h6-14,16H,15H2,1-5H3,(H,28,33)(H,29,32)/b13-12+. The molecule has 3 aromatic rings. The number of hydrogen-bond acceptors (Lipinski definition) is 3. The van der Waals surface area contributed by atoms with Crippen LogP contribution in [0.2, 0.25) is 5.02 Å². The Kier molecular flexibility index (Phi) is 7.71. The molecule has 172 valence electrons. The highest BCUT2D eigenvalue weighted by molar-refractivity contribution is 6.31. The average Bonchev–Trinajstić information content (AvgIpc) is 3.00. The van der Waals surface area contributed by atoms with Gasteiger partial charge in [-0.15, -0.1) is 0 Å². The molecule has 0 bridgehead atoms. The fraction of sp³-hybridized carbons (Fsp3) is 0.269. The fourth-order valence-electron chi connectivity index (χ4n) is 3.57. The predicted molar refractivity (Wildman–Crippen MR) is 134 cm³/mol. The molecule has 3 rings (SSSR count). The molecule has 1 heterocycles. The van der Waals surface area contributed by atoms with E-state index in [0.717, 1.165) is 28.1 Å². The van der Waals surface area contributed by atoms with Gasteiger partial charge in [-0.2, -0.15) is 5.10 Å². The number of benzene rings is 2. The van der Waals surface area contributed by atoms with Gasteiger partial charge in [0.15, 0.2) is 0 Å². The van der Waals surface area contributed by atoms with Gasteiger partial charge in [-0.1, -0.05) is 29.8 Å². The van der Waals surface area contributed by atoms with Crippen molar-refractivity contribution in [3.05, 3.63) is 87.2 Å². The van der Waals surface area contributed by atoms with Crippen molar-refractivity contribution in [3.8, 4) is 0 Å². The molecule has 0 radical (unpaired) electrons. The first kappa shape index (κ1) is 24.3. The molecule has 33 heavy (non-hydrogen) atoms. The van der Waals surface area contributed by atoms with Crippen LogP contribution in [0.1, 0.15) is 52.3 Å². The summed E-state index contributed by atoms with van der Waals surface area (Å²) in [6.45, 7) is 10.1. The summed E-state index contributed by atoms with van der Waals surface area (Å²) < 4.78 is 1.89. The van der Waals surface area contributed by atoms with Gasteiger partial charge in [0, 0.05) is 39.6 Å². The molecule has 0 saturated carbocycles. The second-order valence-electron chi connectivity index (χ2n) is 8.31. The number of hydrogen-bond donors (Lipinski definition) is 2. The highest BCUT2D eigenvalue weighted by Crippen LogP contribution is 2.21. The maximum atomic E-state index is 12.5. The first-order valence-corrected chi connectivity index (χ1v) is 11.2. The molecule has 0 saturated heterocycles. The molecule has 0 aliphatic heterocycles. The van der Waals surface area contributed by atoms with E-state index in [4.69, 9.17) is 11.6 Å². The Labute approximate surface area is 199 Å². The number of aryl methyl sites for hydroxylation is 2. The monoisotopic (exact) mass is 464 g/mol. The van der Waals surface area contributed by atoms with Gasteiger partial charge in [0.25, 0.3) is 5.91 Å². The molecule has 2 amide bonds. The Morgan fingerprint density at radius 3 is 2.52 bits per heavy atom. The van der Waals surface area contributed by atoms with E-state index >= 15 is 0 Å². The zero-order valence-electron chi connectivity index (χ0n) is 19.6. The SMILES string of the molecule is Cc1cc(NC(=O)/C=C/c2c(C)nn(Cc3ccccc3Cl)c2C)ccc1C(=O)NC(C)C. The van der Waals surface area contributed by atoms with Crippen molar-refractivity contribution in [2.75, 3.05) is 5.32 Å². The van der Waals surface area contributed by atoms with Crippen molar-refractivity contribution < 1.29 is 9.59 Å². The lowest BCUT2D eigenvalue weighted by Gasteiger charge is -2.11. The van der Waals surface area contributed by atoms with Crippen LogP contribution in [0, 0.1) is 20.8 Å². The molecule has 2 N–H and O–H groups in total. The van der Waals surface area contributed by atoms with E-state index in [0.29, 0.717) is 22.8 Å². The van der Waals surface area contributed by atoms with Crippen LogP contribution in [-0.2, 0) is 11.3 Å². The van der Waals surface area contributed by atoms with E-state index in [1.165, 1.54) is 6.08 Å². The summed E-state index contributed by atoms with van der Waals surface area (Å²) in [6.07, 6.45) is 3.26. The van der Waals surface area contributed by atoms with E-state index in [1.807, 2.05) is 63.6 Å². The van der Waals surface area contributed by atoms with E-state index in [9.17, 15) is 9.59 Å². The van der Waals surface area contributed by atoms with Gasteiger partial charge in [-0.25, -0.2) is 0 Å². The summed E-state index contributed by atoms with van der Waals surface area (Å²) in [5, 5.41) is 11.0. The van der Waals surface area contributed by atoms with Crippen molar-refractivity contribution in [2.24, 2.45) is 0 Å². The second kappa shape index (κ2) is 10.5. The van der Waals surface area contributed by atoms with Crippen molar-refractivity contribution in [1.29, 1.82) is 0 Å². The Bertz CT molecular complexity index is 1210. The molecule has 0 atom stereocenters. The summed E-state index contributed by atoms with van der Waals surface area (Å²) >= 11 is 6.28. The number of halogens is 1. The van der Waals surface area contributed by atoms with E-state index in [-0.39, 0.29) is 17.9 Å². The lowest BCUT2D eigenvalue weighted by atomic mass is 10.1. The third-order valence-electron chi connectivity index (χ3n) is 5.28. The smallest absolute Gasteiger partial charge is 0.251 e. The minimum Gasteiger partial charge on any atom is -0.350 e. The maximum Gasteiger partial charge on any atom is 0.251 e. The molecule has 6 nitrogen and oxygen atoms in total. The van der Waals surface area contributed by atoms with Crippen molar-refractivity contribution in [1.82, 2.24) is 15.1 Å². The van der Waals surface area contributed by atoms with Crippen LogP contribution in [0.25, 0.3) is 6.08 Å². The molecular weight excluding hydrogens is 436 g/mol. The molecule has 1 aromatic heterocycles. The van der Waals surface area contributed by atoms with Gasteiger partial charge in [-0.05, 0) is 76.1 Å². The number of nitrogens with zero attached hydrogens (tertiary/aromatic N) is 2. The van der Waals surface area contributed by atoms with Crippen LogP contribution in [0.4, 0.5) is 5.69 Å². The summed E-state index contributed by atoms with van der Waals surface area (Å²) in [4.78, 5) is 24.7. The number of nitrogens with one attached hydrogen (secondary N) is 2. The van der Waals surface area contributed by atoms with Crippen LogP contribution in [0.15, 0.2) is 48.5 Å². The predicted octanol–water partition coefficient (Wildman–Crippen LogP) is 5.30. The van der Waals surface area contributed by atoms with Crippen LogP contribution >= 0.6 is 11.6 Å². The zero-order chi connectivity index (χ0) is 24.1. The zero-order valence-corrected chi connectivity index (χ0v) is 20.3. The molecule has 0 aliphatic rings. The molecule has 0 unspecified atom stereocenters. The Morgan fingerprint density at radius 1 is 1.12 bits per heavy atom. The van der Waals surface area contributed by atoms with E-state index in [2.05, 4.69) is 15.7 Å². The molecule has 0 aliphatic carbocycles. The number of rotatable bonds is 7. The second-order valence-corrected chi connectivity index (χ2v) is 8.72. The minimum absolute atomic E-state index is 0.0577. The fourth-order valence-corrected chi connectivity index (χ4v) is 3.77. The third kappa shape index (κ3) is 6.11. The quantitative estimate of drug-likeness (QED) is 0.466. The average molecular weight is 465 g/mol. The summed E-state index contributed by atoms with van der Waals surface area (Å²) in [5.74, 6) is -0.383. The number of aromatic nitrogens is 2. The van der Waals surface area contributed by atoms with Crippen LogP contribution in [0.5, 0.6) is 0 Å². The first-order valence-electron chi connectivity index (χ1n) is 10.8. The maximum absolute atomic E-state index is 12.5. The topological polar surface area (TPSA) is 76.0 Å². The third-order valence-corrected chi connectivity index (χ3v) is 5.64. The van der Waals surface area contributed by atoms with Gasteiger partial charge >= 0.3 is 0 Å². The van der Waals surface area contributed by atoms with Crippen LogP contribution in [0.3, 0.4) is 0 Å². The first-order chi connectivity index (χ1) is 15.7. The number of anilines is 1. The normalized spacial score (nSPS) is 11.2. The van der Waals surface area contributed by atoms with Crippen molar-refractivity contribution >= 4 is 35.2 Å². The van der Waals surface area contributed by atoms with E-state index in [1.54, 1.807) is 24.3 Å². The van der Waals surface area contributed by atoms with Crippen molar-refractivity contribution in [2.45, 2.75) is 47.2 Å². The van der Waals surface area contributed by atoms with Crippen LogP contribution < -0.4 is 10.6 Å². The van der Waals surface area contributed by atoms with Gasteiger partial charge in [0.1, 0.15) is 0 Å². The van der Waals surface area contributed by atoms with Gasteiger partial charge < -0.3 is 10.6 Å². The highest BCUT2D eigenvalue weighted by Gasteiger charge is 2.13. The number of carbonyl (C=O) groups excluding carboxylic acids is 2. The Morgan fingerprint density at radius 2 is 1.85 bits per heavy atom.